The van der Waals surface area contributed by atoms with Crippen molar-refractivity contribution in [3.8, 4) is 0 Å². The van der Waals surface area contributed by atoms with Crippen LogP contribution in [0, 0.1) is 0 Å². The van der Waals surface area contributed by atoms with E-state index in [-0.39, 0.29) is 23.9 Å². The highest BCUT2D eigenvalue weighted by atomic mass is 79.9. The summed E-state index contributed by atoms with van der Waals surface area (Å²) in [6.07, 6.45) is 1.00. The maximum atomic E-state index is 12.3. The Labute approximate surface area is 146 Å². The number of thioether (sulfide) groups is 1. The number of nitrogens with one attached hydrogen (secondary N) is 1. The Morgan fingerprint density at radius 2 is 2.17 bits per heavy atom. The molecule has 0 fully saturated rings. The van der Waals surface area contributed by atoms with Gasteiger partial charge in [-0.1, -0.05) is 34.6 Å². The first-order valence-corrected chi connectivity index (χ1v) is 9.15. The molecule has 2 aromatic rings. The molecule has 7 heteroatoms. The number of aromatic nitrogens is 2. The molecular formula is C16H16BrN3O2S. The molecule has 1 N–H and O–H groups in total. The largest absolute Gasteiger partial charge is 0.326 e. The zero-order valence-electron chi connectivity index (χ0n) is 12.6. The van der Waals surface area contributed by atoms with Gasteiger partial charge in [-0.15, -0.1) is 0 Å². The van der Waals surface area contributed by atoms with E-state index in [1.165, 1.54) is 11.8 Å². The van der Waals surface area contributed by atoms with Crippen LogP contribution in [0.25, 0.3) is 0 Å². The summed E-state index contributed by atoms with van der Waals surface area (Å²) in [6.45, 7) is 1.97. The molecule has 0 spiro atoms. The van der Waals surface area contributed by atoms with E-state index in [0.717, 1.165) is 27.4 Å². The second-order valence-electron chi connectivity index (χ2n) is 5.32. The van der Waals surface area contributed by atoms with Gasteiger partial charge in [-0.3, -0.25) is 14.2 Å². The lowest BCUT2D eigenvalue weighted by molar-refractivity contribution is -0.116. The molecule has 1 aromatic heterocycles. The molecule has 1 atom stereocenters. The van der Waals surface area contributed by atoms with Crippen molar-refractivity contribution in [1.29, 1.82) is 0 Å². The number of halogens is 1. The lowest BCUT2D eigenvalue weighted by Gasteiger charge is -2.13. The molecule has 3 rings (SSSR count). The maximum absolute atomic E-state index is 12.3. The van der Waals surface area contributed by atoms with E-state index in [4.69, 9.17) is 0 Å². The zero-order chi connectivity index (χ0) is 16.4. The minimum Gasteiger partial charge on any atom is -0.326 e. The van der Waals surface area contributed by atoms with Gasteiger partial charge in [-0.2, -0.15) is 0 Å². The highest BCUT2D eigenvalue weighted by Crippen LogP contribution is 2.32. The number of nitrogens with zero attached hydrogens (tertiary/aromatic N) is 2. The molecule has 1 amide bonds. The molecule has 23 heavy (non-hydrogen) atoms. The molecular weight excluding hydrogens is 378 g/mol. The Kier molecular flexibility index (Phi) is 4.87. The van der Waals surface area contributed by atoms with Gasteiger partial charge in [-0.25, -0.2) is 4.98 Å². The highest BCUT2D eigenvalue weighted by molar-refractivity contribution is 9.10. The smallest absolute Gasteiger partial charge is 0.254 e. The fraction of sp³-hybridized carbons (Fsp3) is 0.312. The molecule has 1 aromatic carbocycles. The standard InChI is InChI=1S/C16H16BrN3O2S/c1-2-11-7-15(22)20-13(9-23-16(20)19-11)8-14(21)18-12-5-3-10(17)4-6-12/h3-7,13H,2,8-9H2,1H3,(H,18,21). The molecule has 5 nitrogen and oxygen atoms in total. The molecule has 0 saturated heterocycles. The lowest BCUT2D eigenvalue weighted by atomic mass is 10.2. The third kappa shape index (κ3) is 3.67. The van der Waals surface area contributed by atoms with Gasteiger partial charge in [0.15, 0.2) is 5.16 Å². The van der Waals surface area contributed by atoms with Crippen LogP contribution in [0.2, 0.25) is 0 Å². The van der Waals surface area contributed by atoms with Crippen molar-refractivity contribution in [2.24, 2.45) is 0 Å². The maximum Gasteiger partial charge on any atom is 0.254 e. The van der Waals surface area contributed by atoms with Gasteiger partial charge in [-0.05, 0) is 30.7 Å². The van der Waals surface area contributed by atoms with Gasteiger partial charge in [0.1, 0.15) is 0 Å². The first-order valence-electron chi connectivity index (χ1n) is 7.37. The number of rotatable bonds is 4. The van der Waals surface area contributed by atoms with E-state index >= 15 is 0 Å². The minimum absolute atomic E-state index is 0.0710. The lowest BCUT2D eigenvalue weighted by Crippen LogP contribution is -2.27. The monoisotopic (exact) mass is 393 g/mol. The molecule has 0 bridgehead atoms. The summed E-state index contributed by atoms with van der Waals surface area (Å²) in [7, 11) is 0. The molecule has 1 aliphatic rings. The molecule has 1 unspecified atom stereocenters. The van der Waals surface area contributed by atoms with E-state index < -0.39 is 0 Å². The van der Waals surface area contributed by atoms with Crippen LogP contribution in [0.3, 0.4) is 0 Å². The fourth-order valence-electron chi connectivity index (χ4n) is 2.49. The van der Waals surface area contributed by atoms with Crippen molar-refractivity contribution >= 4 is 39.3 Å². The van der Waals surface area contributed by atoms with Gasteiger partial charge >= 0.3 is 0 Å². The third-order valence-corrected chi connectivity index (χ3v) is 5.28. The number of carbonyl (C=O) groups excluding carboxylic acids is 1. The summed E-state index contributed by atoms with van der Waals surface area (Å²) in [4.78, 5) is 29.0. The second-order valence-corrected chi connectivity index (χ2v) is 7.22. The van der Waals surface area contributed by atoms with Crippen LogP contribution in [-0.2, 0) is 11.2 Å². The number of fused-ring (bicyclic) bond motifs is 1. The number of aryl methyl sites for hydroxylation is 1. The van der Waals surface area contributed by atoms with Crippen LogP contribution < -0.4 is 10.9 Å². The third-order valence-electron chi connectivity index (χ3n) is 3.65. The number of hydrogen-bond donors (Lipinski definition) is 1. The van der Waals surface area contributed by atoms with Gasteiger partial charge in [0.25, 0.3) is 5.56 Å². The van der Waals surface area contributed by atoms with Crippen LogP contribution in [0.4, 0.5) is 5.69 Å². The Bertz CT molecular complexity index is 789. The number of hydrogen-bond acceptors (Lipinski definition) is 4. The summed E-state index contributed by atoms with van der Waals surface area (Å²) in [5.74, 6) is 0.598. The van der Waals surface area contributed by atoms with Gasteiger partial charge in [0, 0.05) is 34.1 Å². The molecule has 1 aliphatic heterocycles. The normalized spacial score (nSPS) is 16.2. The minimum atomic E-state index is -0.142. The number of amides is 1. The fourth-order valence-corrected chi connectivity index (χ4v) is 3.92. The van der Waals surface area contributed by atoms with Crippen LogP contribution in [0.5, 0.6) is 0 Å². The predicted octanol–water partition coefficient (Wildman–Crippen LogP) is 3.24. The Hall–Kier alpha value is -1.60. The Morgan fingerprint density at radius 1 is 1.43 bits per heavy atom. The van der Waals surface area contributed by atoms with Gasteiger partial charge < -0.3 is 5.32 Å². The van der Waals surface area contributed by atoms with Crippen LogP contribution in [-0.4, -0.2) is 21.2 Å². The first-order chi connectivity index (χ1) is 11.1. The summed E-state index contributed by atoms with van der Waals surface area (Å²) in [5, 5.41) is 3.58. The van der Waals surface area contributed by atoms with Crippen molar-refractivity contribution in [3.63, 3.8) is 0 Å². The van der Waals surface area contributed by atoms with Crippen molar-refractivity contribution < 1.29 is 4.79 Å². The SMILES string of the molecule is CCc1cc(=O)n2c(n1)SCC2CC(=O)Nc1ccc(Br)cc1. The second kappa shape index (κ2) is 6.88. The van der Waals surface area contributed by atoms with E-state index in [1.807, 2.05) is 31.2 Å². The van der Waals surface area contributed by atoms with E-state index in [0.29, 0.717) is 5.75 Å². The molecule has 0 saturated carbocycles. The van der Waals surface area contributed by atoms with Crippen LogP contribution in [0.1, 0.15) is 25.1 Å². The van der Waals surface area contributed by atoms with Crippen molar-refractivity contribution in [3.05, 3.63) is 50.9 Å². The average Bonchev–Trinajstić information content (AvgIpc) is 2.92. The summed E-state index contributed by atoms with van der Waals surface area (Å²) >= 11 is 4.90. The first kappa shape index (κ1) is 16.3. The van der Waals surface area contributed by atoms with Crippen molar-refractivity contribution in [2.45, 2.75) is 31.0 Å². The zero-order valence-corrected chi connectivity index (χ0v) is 15.0. The predicted molar refractivity (Wildman–Crippen MR) is 95.0 cm³/mol. The van der Waals surface area contributed by atoms with Crippen molar-refractivity contribution in [2.75, 3.05) is 11.1 Å². The summed E-state index contributed by atoms with van der Waals surface area (Å²) < 4.78 is 2.60. The number of benzene rings is 1. The summed E-state index contributed by atoms with van der Waals surface area (Å²) in [6, 6.07) is 8.83. The Morgan fingerprint density at radius 3 is 2.87 bits per heavy atom. The molecule has 2 heterocycles. The summed E-state index contributed by atoms with van der Waals surface area (Å²) in [5.41, 5.74) is 1.47. The molecule has 0 aliphatic carbocycles. The highest BCUT2D eigenvalue weighted by Gasteiger charge is 2.27. The topological polar surface area (TPSA) is 64.0 Å². The van der Waals surface area contributed by atoms with E-state index in [2.05, 4.69) is 26.2 Å². The van der Waals surface area contributed by atoms with Crippen molar-refractivity contribution in [1.82, 2.24) is 9.55 Å². The van der Waals surface area contributed by atoms with E-state index in [1.54, 1.807) is 10.6 Å². The average molecular weight is 394 g/mol. The van der Waals surface area contributed by atoms with Crippen LogP contribution in [0.15, 0.2) is 44.8 Å². The number of anilines is 1. The van der Waals surface area contributed by atoms with Crippen LogP contribution >= 0.6 is 27.7 Å². The van der Waals surface area contributed by atoms with Gasteiger partial charge in [0.05, 0.1) is 6.04 Å². The molecule has 120 valence electrons. The van der Waals surface area contributed by atoms with E-state index in [9.17, 15) is 9.59 Å². The quantitative estimate of drug-likeness (QED) is 0.809. The Balaban J connectivity index is 1.72. The van der Waals surface area contributed by atoms with Gasteiger partial charge in [0.2, 0.25) is 5.91 Å². The molecule has 0 radical (unpaired) electrons. The number of carbonyl (C=O) groups is 1.